The number of unbranched alkanes of at least 4 members (excludes halogenated alkanes) is 14. The zero-order valence-corrected chi connectivity index (χ0v) is 28.7. The first-order chi connectivity index (χ1) is 22.2. The highest BCUT2D eigenvalue weighted by Gasteiger charge is 2.35. The van der Waals surface area contributed by atoms with Gasteiger partial charge in [0, 0.05) is 38.3 Å². The van der Waals surface area contributed by atoms with Gasteiger partial charge in [-0.1, -0.05) is 90.4 Å². The smallest absolute Gasteiger partial charge is 0.339 e. The number of aliphatic carboxylic acids is 2. The zero-order chi connectivity index (χ0) is 35.2. The van der Waals surface area contributed by atoms with Crippen LogP contribution < -0.4 is 10.6 Å². The van der Waals surface area contributed by atoms with E-state index in [2.05, 4.69) is 10.6 Å². The van der Waals surface area contributed by atoms with Gasteiger partial charge in [0.2, 0.25) is 23.6 Å². The molecule has 0 spiro atoms. The first kappa shape index (κ1) is 42.2. The van der Waals surface area contributed by atoms with Crippen molar-refractivity contribution in [2.75, 3.05) is 13.1 Å². The van der Waals surface area contributed by atoms with E-state index in [-0.39, 0.29) is 61.8 Å². The van der Waals surface area contributed by atoms with Gasteiger partial charge in [0.05, 0.1) is 0 Å². The molecule has 15 heteroatoms. The quantitative estimate of drug-likeness (QED) is 0.0389. The van der Waals surface area contributed by atoms with Crippen LogP contribution in [0.5, 0.6) is 0 Å². The van der Waals surface area contributed by atoms with Gasteiger partial charge in [0.1, 0.15) is 6.04 Å². The molecule has 1 fully saturated rings. The number of likely N-dealkylation sites (tertiary alicyclic amines) is 1. The summed E-state index contributed by atoms with van der Waals surface area (Å²) in [7, 11) is -4.61. The van der Waals surface area contributed by atoms with Crippen molar-refractivity contribution in [1.82, 2.24) is 15.5 Å². The highest BCUT2D eigenvalue weighted by molar-refractivity contribution is 7.53. The van der Waals surface area contributed by atoms with Crippen molar-refractivity contribution in [2.45, 2.75) is 147 Å². The lowest BCUT2D eigenvalue weighted by Gasteiger charge is -2.16. The second-order valence-electron chi connectivity index (χ2n) is 12.6. The van der Waals surface area contributed by atoms with Gasteiger partial charge in [-0.25, -0.2) is 4.79 Å². The maximum atomic E-state index is 12.2. The number of carboxylic acids is 2. The fourth-order valence-electron chi connectivity index (χ4n) is 5.59. The van der Waals surface area contributed by atoms with E-state index in [0.717, 1.165) is 70.6 Å². The Morgan fingerprint density at radius 1 is 0.745 bits per heavy atom. The minimum atomic E-state index is -4.61. The average molecular weight is 690 g/mol. The molecule has 6 N–H and O–H groups in total. The molecule has 0 aliphatic carbocycles. The molecule has 0 aromatic carbocycles. The van der Waals surface area contributed by atoms with Crippen molar-refractivity contribution in [1.29, 1.82) is 0 Å². The number of hydrogen-bond donors (Lipinski definition) is 6. The van der Waals surface area contributed by atoms with E-state index < -0.39 is 31.2 Å². The number of carboxylic acid groups (broad SMARTS) is 2. The summed E-state index contributed by atoms with van der Waals surface area (Å²) in [6.45, 7) is 1.87. The summed E-state index contributed by atoms with van der Waals surface area (Å²) in [6.07, 6.45) is 14.7. The predicted octanol–water partition coefficient (Wildman–Crippen LogP) is 4.11. The fraction of sp³-hybridized carbons (Fsp3) is 0.812. The van der Waals surface area contributed by atoms with Crippen LogP contribution in [0.3, 0.4) is 0 Å². The lowest BCUT2D eigenvalue weighted by molar-refractivity contribution is -0.142. The number of imide groups is 1. The summed E-state index contributed by atoms with van der Waals surface area (Å²) < 4.78 is 11.2. The number of hydrogen-bond acceptors (Lipinski definition) is 7. The molecule has 1 aliphatic rings. The molecule has 3 atom stereocenters. The molecule has 47 heavy (non-hydrogen) atoms. The van der Waals surface area contributed by atoms with E-state index in [1.165, 1.54) is 4.90 Å². The first-order valence-corrected chi connectivity index (χ1v) is 18.8. The summed E-state index contributed by atoms with van der Waals surface area (Å²) in [5, 5.41) is 23.4. The number of amides is 4. The van der Waals surface area contributed by atoms with E-state index in [1.54, 1.807) is 6.92 Å². The lowest BCUT2D eigenvalue weighted by Crippen LogP contribution is -2.48. The molecule has 0 aromatic heterocycles. The molecule has 270 valence electrons. The largest absolute Gasteiger partial charge is 0.481 e. The van der Waals surface area contributed by atoms with E-state index in [9.17, 15) is 38.4 Å². The molecule has 1 rings (SSSR count). The van der Waals surface area contributed by atoms with Crippen LogP contribution in [0.1, 0.15) is 135 Å². The van der Waals surface area contributed by atoms with Crippen LogP contribution in [0, 0.1) is 5.92 Å². The van der Waals surface area contributed by atoms with Crippen LogP contribution in [0.25, 0.3) is 0 Å². The molecule has 0 saturated carbocycles. The molecule has 4 amide bonds. The molecule has 1 heterocycles. The van der Waals surface area contributed by atoms with Crippen molar-refractivity contribution >= 4 is 43.2 Å². The Morgan fingerprint density at radius 3 is 1.66 bits per heavy atom. The maximum absolute atomic E-state index is 12.2. The van der Waals surface area contributed by atoms with Crippen molar-refractivity contribution < 1.29 is 53.3 Å². The van der Waals surface area contributed by atoms with E-state index >= 15 is 0 Å². The summed E-state index contributed by atoms with van der Waals surface area (Å²) in [5.41, 5.74) is -1.61. The van der Waals surface area contributed by atoms with Gasteiger partial charge in [0.15, 0.2) is 5.66 Å². The first-order valence-electron chi connectivity index (χ1n) is 17.1. The summed E-state index contributed by atoms with van der Waals surface area (Å²) in [6, 6.07) is -1.21. The third-order valence-electron chi connectivity index (χ3n) is 8.46. The SMILES string of the molecule is CC1CC(=O)N(CCCCCC(=O)NC[C@@H](NC(=O)CCCCCCCCCCCCCCCC(C(=O)O)P(=O)(O)O)C(=O)O)C1=O. The van der Waals surface area contributed by atoms with Crippen LogP contribution in [0.15, 0.2) is 0 Å². The topological polar surface area (TPSA) is 228 Å². The minimum Gasteiger partial charge on any atom is -0.481 e. The number of carbonyl (C=O) groups excluding carboxylic acids is 4. The fourth-order valence-corrected chi connectivity index (χ4v) is 6.40. The predicted molar refractivity (Wildman–Crippen MR) is 174 cm³/mol. The summed E-state index contributed by atoms with van der Waals surface area (Å²) in [5.74, 6) is -3.94. The lowest BCUT2D eigenvalue weighted by atomic mass is 10.0. The molecule has 14 nitrogen and oxygen atoms in total. The van der Waals surface area contributed by atoms with E-state index in [1.807, 2.05) is 0 Å². The van der Waals surface area contributed by atoms with Crippen molar-refractivity contribution in [3.63, 3.8) is 0 Å². The number of rotatable bonds is 28. The van der Waals surface area contributed by atoms with Gasteiger partial charge in [-0.2, -0.15) is 0 Å². The third-order valence-corrected chi connectivity index (χ3v) is 9.76. The zero-order valence-electron chi connectivity index (χ0n) is 27.8. The molecule has 0 aromatic rings. The highest BCUT2D eigenvalue weighted by Crippen LogP contribution is 2.43. The van der Waals surface area contributed by atoms with Crippen LogP contribution in [0.2, 0.25) is 0 Å². The highest BCUT2D eigenvalue weighted by atomic mass is 31.2. The molecular formula is C32H56N3O11P. The third kappa shape index (κ3) is 18.9. The van der Waals surface area contributed by atoms with Crippen LogP contribution in [-0.4, -0.2) is 85.3 Å². The Balaban J connectivity index is 2.00. The molecular weight excluding hydrogens is 633 g/mol. The van der Waals surface area contributed by atoms with Crippen LogP contribution >= 0.6 is 7.60 Å². The number of nitrogens with zero attached hydrogens (tertiary/aromatic N) is 1. The molecule has 0 radical (unpaired) electrons. The molecule has 1 saturated heterocycles. The number of nitrogens with one attached hydrogen (secondary N) is 2. The van der Waals surface area contributed by atoms with E-state index in [0.29, 0.717) is 38.6 Å². The van der Waals surface area contributed by atoms with Crippen molar-refractivity contribution in [3.05, 3.63) is 0 Å². The van der Waals surface area contributed by atoms with Crippen LogP contribution in [0.4, 0.5) is 0 Å². The second-order valence-corrected chi connectivity index (χ2v) is 14.4. The van der Waals surface area contributed by atoms with Gasteiger partial charge in [-0.05, 0) is 25.7 Å². The summed E-state index contributed by atoms with van der Waals surface area (Å²) >= 11 is 0. The van der Waals surface area contributed by atoms with Crippen molar-refractivity contribution in [3.8, 4) is 0 Å². The second kappa shape index (κ2) is 23.5. The number of carbonyl (C=O) groups is 6. The Hall–Kier alpha value is -2.83. The standard InChI is InChI=1S/C32H56N3O11P/c1-24-22-29(38)35(30(24)39)21-17-13-16-19-27(36)33-23-25(31(40)41)34-28(37)20-15-12-10-8-6-4-2-3-5-7-9-11-14-18-26(32(42)43)47(44,45)46/h24-26H,2-23H2,1H3,(H,33,36)(H,34,37)(H,40,41)(H,42,43)(H2,44,45,46)/t24?,25-,26?/m1/s1. The Kier molecular flexibility index (Phi) is 21.1. The normalized spacial score (nSPS) is 16.2. The van der Waals surface area contributed by atoms with Crippen molar-refractivity contribution in [2.24, 2.45) is 5.92 Å². The van der Waals surface area contributed by atoms with E-state index in [4.69, 9.17) is 14.9 Å². The Bertz CT molecular complexity index is 1060. The van der Waals surface area contributed by atoms with Gasteiger partial charge >= 0.3 is 19.5 Å². The van der Waals surface area contributed by atoms with Gasteiger partial charge in [-0.3, -0.25) is 33.4 Å². The average Bonchev–Trinajstić information content (AvgIpc) is 3.23. The molecule has 2 unspecified atom stereocenters. The molecule has 0 bridgehead atoms. The van der Waals surface area contributed by atoms with Crippen LogP contribution in [-0.2, 0) is 33.3 Å². The minimum absolute atomic E-state index is 0.00782. The monoisotopic (exact) mass is 689 g/mol. The summed E-state index contributed by atoms with van der Waals surface area (Å²) in [4.78, 5) is 90.1. The van der Waals surface area contributed by atoms with Gasteiger partial charge in [0.25, 0.3) is 0 Å². The maximum Gasteiger partial charge on any atom is 0.339 e. The molecule has 1 aliphatic heterocycles. The van der Waals surface area contributed by atoms with Gasteiger partial charge < -0.3 is 30.6 Å². The Morgan fingerprint density at radius 2 is 1.21 bits per heavy atom. The van der Waals surface area contributed by atoms with Gasteiger partial charge in [-0.15, -0.1) is 0 Å². The Labute approximate surface area is 278 Å².